The van der Waals surface area contributed by atoms with Gasteiger partial charge < -0.3 is 15.0 Å². The molecule has 18 heavy (non-hydrogen) atoms. The van der Waals surface area contributed by atoms with Crippen molar-refractivity contribution in [2.45, 2.75) is 26.9 Å². The fraction of sp³-hybridized carbons (Fsp3) is 0.385. The van der Waals surface area contributed by atoms with Crippen LogP contribution in [-0.2, 0) is 17.9 Å². The number of hydrogen-bond acceptors (Lipinski definition) is 3. The zero-order valence-electron chi connectivity index (χ0n) is 10.6. The average molecular weight is 247 g/mol. The van der Waals surface area contributed by atoms with Gasteiger partial charge in [0, 0.05) is 13.1 Å². The minimum atomic E-state index is -0.845. The highest BCUT2D eigenvalue weighted by Gasteiger charge is 2.06. The summed E-state index contributed by atoms with van der Waals surface area (Å²) in [5.41, 5.74) is 3.13. The molecule has 0 saturated carbocycles. The van der Waals surface area contributed by atoms with Gasteiger partial charge in [-0.15, -0.1) is 0 Å². The van der Waals surface area contributed by atoms with E-state index in [4.69, 9.17) is 5.11 Å². The summed E-state index contributed by atoms with van der Waals surface area (Å²) in [5, 5.41) is 11.4. The number of nitrogens with zero attached hydrogens (tertiary/aromatic N) is 2. The predicted octanol–water partition coefficient (Wildman–Crippen LogP) is 1.54. The van der Waals surface area contributed by atoms with Gasteiger partial charge in [0.15, 0.2) is 0 Å². The number of aromatic nitrogens is 2. The number of hydrogen-bond donors (Lipinski definition) is 2. The third kappa shape index (κ3) is 2.51. The molecule has 0 bridgehead atoms. The van der Waals surface area contributed by atoms with Crippen LogP contribution in [0.2, 0.25) is 0 Å². The Balaban J connectivity index is 2.20. The molecule has 2 aromatic rings. The molecule has 0 fully saturated rings. The molecular weight excluding hydrogens is 230 g/mol. The number of carboxylic acids is 1. The van der Waals surface area contributed by atoms with E-state index in [0.717, 1.165) is 29.0 Å². The Bertz CT molecular complexity index is 575. The topological polar surface area (TPSA) is 67.2 Å². The summed E-state index contributed by atoms with van der Waals surface area (Å²) in [4.78, 5) is 14.9. The number of nitrogens with one attached hydrogen (secondary N) is 1. The molecule has 0 aliphatic carbocycles. The van der Waals surface area contributed by atoms with E-state index in [-0.39, 0.29) is 6.54 Å². The van der Waals surface area contributed by atoms with Gasteiger partial charge in [0.25, 0.3) is 0 Å². The average Bonchev–Trinajstić information content (AvgIpc) is 2.63. The molecular formula is C13H17N3O2. The molecule has 0 aliphatic rings. The summed E-state index contributed by atoms with van der Waals surface area (Å²) in [7, 11) is 0. The van der Waals surface area contributed by atoms with Crippen molar-refractivity contribution in [3.63, 3.8) is 0 Å². The van der Waals surface area contributed by atoms with E-state index in [0.29, 0.717) is 6.54 Å². The molecule has 1 aromatic carbocycles. The molecule has 0 aliphatic heterocycles. The third-order valence-corrected chi connectivity index (χ3v) is 2.93. The molecule has 0 unspecified atom stereocenters. The van der Waals surface area contributed by atoms with Crippen LogP contribution in [0.25, 0.3) is 11.0 Å². The van der Waals surface area contributed by atoms with Crippen molar-refractivity contribution in [1.29, 1.82) is 0 Å². The lowest BCUT2D eigenvalue weighted by molar-refractivity contribution is -0.135. The highest BCUT2D eigenvalue weighted by atomic mass is 16.4. The number of aryl methyl sites for hydroxylation is 2. The van der Waals surface area contributed by atoms with Gasteiger partial charge in [-0.25, -0.2) is 4.98 Å². The molecule has 0 amide bonds. The zero-order chi connectivity index (χ0) is 13.1. The molecule has 0 radical (unpaired) electrons. The van der Waals surface area contributed by atoms with Gasteiger partial charge in [-0.3, -0.25) is 4.79 Å². The highest BCUT2D eigenvalue weighted by molar-refractivity contribution is 5.77. The van der Waals surface area contributed by atoms with Crippen molar-refractivity contribution in [3.8, 4) is 0 Å². The van der Waals surface area contributed by atoms with E-state index in [1.165, 1.54) is 0 Å². The van der Waals surface area contributed by atoms with Crippen molar-refractivity contribution in [3.05, 3.63) is 29.6 Å². The summed E-state index contributed by atoms with van der Waals surface area (Å²) in [5.74, 6) is 0.158. The Hall–Kier alpha value is -1.88. The largest absolute Gasteiger partial charge is 0.480 e. The van der Waals surface area contributed by atoms with Gasteiger partial charge in [-0.05, 0) is 31.5 Å². The lowest BCUT2D eigenvalue weighted by Crippen LogP contribution is -2.21. The Morgan fingerprint density at radius 2 is 2.28 bits per heavy atom. The second-order valence-corrected chi connectivity index (χ2v) is 4.22. The molecule has 5 nitrogen and oxygen atoms in total. The lowest BCUT2D eigenvalue weighted by atomic mass is 10.2. The quantitative estimate of drug-likeness (QED) is 0.841. The molecule has 1 aromatic heterocycles. The first-order valence-electron chi connectivity index (χ1n) is 6.00. The van der Waals surface area contributed by atoms with Gasteiger partial charge in [0.2, 0.25) is 0 Å². The first-order chi connectivity index (χ1) is 8.61. The second-order valence-electron chi connectivity index (χ2n) is 4.22. The summed E-state index contributed by atoms with van der Waals surface area (Å²) >= 11 is 0. The molecule has 96 valence electrons. The first-order valence-corrected chi connectivity index (χ1v) is 6.00. The van der Waals surface area contributed by atoms with Gasteiger partial charge >= 0.3 is 5.97 Å². The van der Waals surface area contributed by atoms with Crippen molar-refractivity contribution in [2.75, 3.05) is 6.54 Å². The number of fused-ring (bicyclic) bond motifs is 1. The molecule has 2 N–H and O–H groups in total. The maximum Gasteiger partial charge on any atom is 0.317 e. The Morgan fingerprint density at radius 1 is 1.50 bits per heavy atom. The van der Waals surface area contributed by atoms with E-state index in [9.17, 15) is 4.79 Å². The minimum Gasteiger partial charge on any atom is -0.480 e. The number of aliphatic carboxylic acids is 1. The number of imidazole rings is 1. The van der Waals surface area contributed by atoms with Crippen LogP contribution in [0.1, 0.15) is 18.3 Å². The van der Waals surface area contributed by atoms with Gasteiger partial charge in [0.1, 0.15) is 5.82 Å². The number of carboxylic acid groups (broad SMARTS) is 1. The zero-order valence-corrected chi connectivity index (χ0v) is 10.6. The first kappa shape index (κ1) is 12.6. The second kappa shape index (κ2) is 5.18. The fourth-order valence-corrected chi connectivity index (χ4v) is 2.12. The molecule has 0 atom stereocenters. The standard InChI is InChI=1S/C13H17N3O2/c1-3-16-9(2)15-11-6-10(4-5-12(11)16)7-14-8-13(17)18/h4-6,14H,3,7-8H2,1-2H3,(H,17,18). The normalized spacial score (nSPS) is 11.0. The fourth-order valence-electron chi connectivity index (χ4n) is 2.12. The molecule has 0 saturated heterocycles. The number of rotatable bonds is 5. The minimum absolute atomic E-state index is 0.0273. The van der Waals surface area contributed by atoms with Gasteiger partial charge in [-0.1, -0.05) is 6.07 Å². The van der Waals surface area contributed by atoms with Crippen molar-refractivity contribution in [1.82, 2.24) is 14.9 Å². The summed E-state index contributed by atoms with van der Waals surface area (Å²) in [6.45, 7) is 5.50. The molecule has 5 heteroatoms. The third-order valence-electron chi connectivity index (χ3n) is 2.93. The van der Waals surface area contributed by atoms with Crippen molar-refractivity contribution >= 4 is 17.0 Å². The molecule has 0 spiro atoms. The smallest absolute Gasteiger partial charge is 0.317 e. The van der Waals surface area contributed by atoms with Crippen LogP contribution in [0.3, 0.4) is 0 Å². The van der Waals surface area contributed by atoms with Crippen molar-refractivity contribution < 1.29 is 9.90 Å². The van der Waals surface area contributed by atoms with Crippen molar-refractivity contribution in [2.24, 2.45) is 0 Å². The van der Waals surface area contributed by atoms with Crippen LogP contribution < -0.4 is 5.32 Å². The monoisotopic (exact) mass is 247 g/mol. The lowest BCUT2D eigenvalue weighted by Gasteiger charge is -2.04. The van der Waals surface area contributed by atoms with E-state index in [1.807, 2.05) is 25.1 Å². The Kier molecular flexibility index (Phi) is 3.62. The van der Waals surface area contributed by atoms with Crippen LogP contribution in [0.15, 0.2) is 18.2 Å². The summed E-state index contributed by atoms with van der Waals surface area (Å²) in [6, 6.07) is 6.05. The molecule has 1 heterocycles. The van der Waals surface area contributed by atoms with Crippen LogP contribution in [0, 0.1) is 6.92 Å². The highest BCUT2D eigenvalue weighted by Crippen LogP contribution is 2.17. The van der Waals surface area contributed by atoms with Gasteiger partial charge in [-0.2, -0.15) is 0 Å². The van der Waals surface area contributed by atoms with E-state index >= 15 is 0 Å². The molecule has 2 rings (SSSR count). The Morgan fingerprint density at radius 3 is 2.94 bits per heavy atom. The Labute approximate surface area is 105 Å². The van der Waals surface area contributed by atoms with E-state index in [2.05, 4.69) is 21.8 Å². The van der Waals surface area contributed by atoms with Gasteiger partial charge in [0.05, 0.1) is 17.6 Å². The van der Waals surface area contributed by atoms with Crippen LogP contribution in [-0.4, -0.2) is 27.2 Å². The van der Waals surface area contributed by atoms with Crippen LogP contribution in [0.5, 0.6) is 0 Å². The summed E-state index contributed by atoms with van der Waals surface area (Å²) in [6.07, 6.45) is 0. The van der Waals surface area contributed by atoms with E-state index in [1.54, 1.807) is 0 Å². The van der Waals surface area contributed by atoms with E-state index < -0.39 is 5.97 Å². The maximum atomic E-state index is 10.4. The number of benzene rings is 1. The SMILES string of the molecule is CCn1c(C)nc2cc(CNCC(=O)O)ccc21. The number of carbonyl (C=O) groups is 1. The maximum absolute atomic E-state index is 10.4. The predicted molar refractivity (Wildman–Crippen MR) is 69.5 cm³/mol. The summed E-state index contributed by atoms with van der Waals surface area (Å²) < 4.78 is 2.16. The van der Waals surface area contributed by atoms with Crippen LogP contribution >= 0.6 is 0 Å². The van der Waals surface area contributed by atoms with Crippen LogP contribution in [0.4, 0.5) is 0 Å².